The molecule has 0 aliphatic carbocycles. The fourth-order valence-corrected chi connectivity index (χ4v) is 2.80. The maximum atomic E-state index is 12.0. The van der Waals surface area contributed by atoms with E-state index in [1.165, 1.54) is 0 Å². The molecule has 122 valence electrons. The van der Waals surface area contributed by atoms with Gasteiger partial charge in [0.15, 0.2) is 0 Å². The monoisotopic (exact) mass is 350 g/mol. The molecule has 0 aliphatic heterocycles. The number of halogens is 2. The van der Waals surface area contributed by atoms with E-state index in [-0.39, 0.29) is 12.5 Å². The predicted octanol–water partition coefficient (Wildman–Crippen LogP) is 4.33. The van der Waals surface area contributed by atoms with Gasteiger partial charge in [-0.2, -0.15) is 0 Å². The Kier molecular flexibility index (Phi) is 6.90. The summed E-state index contributed by atoms with van der Waals surface area (Å²) in [5, 5.41) is 7.34. The van der Waals surface area contributed by atoms with Gasteiger partial charge < -0.3 is 10.6 Å². The van der Waals surface area contributed by atoms with Crippen LogP contribution in [0.2, 0.25) is 10.0 Å². The third-order valence-electron chi connectivity index (χ3n) is 3.54. The third kappa shape index (κ3) is 5.54. The van der Waals surface area contributed by atoms with E-state index >= 15 is 0 Å². The molecule has 0 saturated heterocycles. The smallest absolute Gasteiger partial charge is 0.238 e. The molecule has 0 fully saturated rings. The lowest BCUT2D eigenvalue weighted by Gasteiger charge is -2.10. The highest BCUT2D eigenvalue weighted by molar-refractivity contribution is 6.35. The van der Waals surface area contributed by atoms with Crippen LogP contribution in [-0.4, -0.2) is 19.0 Å². The summed E-state index contributed by atoms with van der Waals surface area (Å²) < 4.78 is 0. The number of hydrogen-bond donors (Lipinski definition) is 2. The molecule has 0 heterocycles. The van der Waals surface area contributed by atoms with E-state index in [0.717, 1.165) is 29.7 Å². The molecule has 0 bridgehead atoms. The normalized spacial score (nSPS) is 10.6. The topological polar surface area (TPSA) is 41.1 Å². The van der Waals surface area contributed by atoms with Crippen molar-refractivity contribution in [1.29, 1.82) is 0 Å². The number of anilines is 1. The minimum absolute atomic E-state index is 0.0481. The zero-order chi connectivity index (χ0) is 16.7. The van der Waals surface area contributed by atoms with Gasteiger partial charge in [-0.1, -0.05) is 54.4 Å². The Morgan fingerprint density at radius 3 is 2.61 bits per heavy atom. The van der Waals surface area contributed by atoms with Gasteiger partial charge in [-0.05, 0) is 48.7 Å². The van der Waals surface area contributed by atoms with Crippen LogP contribution in [0.1, 0.15) is 18.1 Å². The van der Waals surface area contributed by atoms with E-state index in [1.54, 1.807) is 6.07 Å². The highest BCUT2D eigenvalue weighted by Crippen LogP contribution is 2.21. The summed E-state index contributed by atoms with van der Waals surface area (Å²) in [4.78, 5) is 12.0. The summed E-state index contributed by atoms with van der Waals surface area (Å²) in [6.07, 6.45) is 1.63. The molecular weight excluding hydrogens is 331 g/mol. The quantitative estimate of drug-likeness (QED) is 0.729. The van der Waals surface area contributed by atoms with Gasteiger partial charge in [-0.3, -0.25) is 4.79 Å². The third-order valence-corrected chi connectivity index (χ3v) is 4.13. The van der Waals surface area contributed by atoms with Crippen molar-refractivity contribution in [3.63, 3.8) is 0 Å². The average Bonchev–Trinajstić information content (AvgIpc) is 2.53. The van der Waals surface area contributed by atoms with Gasteiger partial charge in [0.05, 0.1) is 6.54 Å². The maximum Gasteiger partial charge on any atom is 0.238 e. The molecule has 0 radical (unpaired) electrons. The van der Waals surface area contributed by atoms with Crippen LogP contribution in [0.5, 0.6) is 0 Å². The van der Waals surface area contributed by atoms with Crippen LogP contribution in [0, 0.1) is 0 Å². The number of hydrogen-bond acceptors (Lipinski definition) is 2. The zero-order valence-electron chi connectivity index (χ0n) is 13.0. The summed E-state index contributed by atoms with van der Waals surface area (Å²) in [7, 11) is 0. The lowest BCUT2D eigenvalue weighted by Crippen LogP contribution is -2.29. The molecule has 0 unspecified atom stereocenters. The second kappa shape index (κ2) is 8.92. The highest BCUT2D eigenvalue weighted by Gasteiger charge is 2.06. The van der Waals surface area contributed by atoms with Crippen LogP contribution < -0.4 is 10.6 Å². The van der Waals surface area contributed by atoms with Crippen LogP contribution in [0.4, 0.5) is 5.69 Å². The standard InChI is InChI=1S/C18H20Cl2N2O/c1-2-13-5-3-4-6-17(13)22-18(23)12-21-10-9-14-7-8-15(19)11-16(14)20/h3-8,11,21H,2,9-10,12H2,1H3,(H,22,23). The second-order valence-corrected chi connectivity index (χ2v) is 6.07. The molecule has 2 aromatic rings. The maximum absolute atomic E-state index is 12.0. The highest BCUT2D eigenvalue weighted by atomic mass is 35.5. The first-order valence-corrected chi connectivity index (χ1v) is 8.38. The molecule has 0 spiro atoms. The first-order valence-electron chi connectivity index (χ1n) is 7.62. The minimum atomic E-state index is -0.0481. The summed E-state index contributed by atoms with van der Waals surface area (Å²) in [5.41, 5.74) is 3.02. The summed E-state index contributed by atoms with van der Waals surface area (Å²) >= 11 is 12.0. The summed E-state index contributed by atoms with van der Waals surface area (Å²) in [6, 6.07) is 13.3. The fraction of sp³-hybridized carbons (Fsp3) is 0.278. The number of aryl methyl sites for hydroxylation is 1. The van der Waals surface area contributed by atoms with E-state index in [2.05, 4.69) is 17.6 Å². The van der Waals surface area contributed by atoms with E-state index in [0.29, 0.717) is 16.6 Å². The molecule has 2 N–H and O–H groups in total. The molecule has 3 nitrogen and oxygen atoms in total. The van der Waals surface area contributed by atoms with Crippen molar-refractivity contribution in [2.24, 2.45) is 0 Å². The van der Waals surface area contributed by atoms with Crippen molar-refractivity contribution in [3.05, 3.63) is 63.6 Å². The molecule has 1 amide bonds. The van der Waals surface area contributed by atoms with Crippen molar-refractivity contribution in [2.45, 2.75) is 19.8 Å². The van der Waals surface area contributed by atoms with Crippen LogP contribution in [0.25, 0.3) is 0 Å². The van der Waals surface area contributed by atoms with Crippen molar-refractivity contribution >= 4 is 34.8 Å². The SMILES string of the molecule is CCc1ccccc1NC(=O)CNCCc1ccc(Cl)cc1Cl. The van der Waals surface area contributed by atoms with Crippen molar-refractivity contribution in [3.8, 4) is 0 Å². The minimum Gasteiger partial charge on any atom is -0.325 e. The van der Waals surface area contributed by atoms with Crippen LogP contribution >= 0.6 is 23.2 Å². The Balaban J connectivity index is 1.76. The summed E-state index contributed by atoms with van der Waals surface area (Å²) in [5.74, 6) is -0.0481. The van der Waals surface area contributed by atoms with Crippen molar-refractivity contribution < 1.29 is 4.79 Å². The largest absolute Gasteiger partial charge is 0.325 e. The Morgan fingerprint density at radius 2 is 1.87 bits per heavy atom. The molecule has 2 rings (SSSR count). The van der Waals surface area contributed by atoms with Gasteiger partial charge >= 0.3 is 0 Å². The molecule has 23 heavy (non-hydrogen) atoms. The molecule has 0 aromatic heterocycles. The van der Waals surface area contributed by atoms with Crippen molar-refractivity contribution in [2.75, 3.05) is 18.4 Å². The van der Waals surface area contributed by atoms with E-state index in [1.807, 2.05) is 36.4 Å². The average molecular weight is 351 g/mol. The van der Waals surface area contributed by atoms with Crippen LogP contribution in [0.15, 0.2) is 42.5 Å². The van der Waals surface area contributed by atoms with E-state index < -0.39 is 0 Å². The number of carbonyl (C=O) groups is 1. The Labute approximate surface area is 147 Å². The Morgan fingerprint density at radius 1 is 1.09 bits per heavy atom. The first-order chi connectivity index (χ1) is 11.1. The molecule has 0 aliphatic rings. The van der Waals surface area contributed by atoms with Gasteiger partial charge in [0.2, 0.25) is 5.91 Å². The van der Waals surface area contributed by atoms with Gasteiger partial charge in [-0.25, -0.2) is 0 Å². The van der Waals surface area contributed by atoms with Gasteiger partial charge in [0, 0.05) is 15.7 Å². The lowest BCUT2D eigenvalue weighted by molar-refractivity contribution is -0.115. The van der Waals surface area contributed by atoms with Crippen molar-refractivity contribution in [1.82, 2.24) is 5.32 Å². The number of amides is 1. The molecule has 0 saturated carbocycles. The first kappa shape index (κ1) is 17.8. The molecular formula is C18H20Cl2N2O. The Hall–Kier alpha value is -1.55. The predicted molar refractivity (Wildman–Crippen MR) is 97.5 cm³/mol. The molecule has 0 atom stereocenters. The molecule has 5 heteroatoms. The molecule has 2 aromatic carbocycles. The van der Waals surface area contributed by atoms with Crippen LogP contribution in [-0.2, 0) is 17.6 Å². The fourth-order valence-electron chi connectivity index (χ4n) is 2.29. The van der Waals surface area contributed by atoms with Gasteiger partial charge in [-0.15, -0.1) is 0 Å². The number of para-hydroxylation sites is 1. The van der Waals surface area contributed by atoms with Gasteiger partial charge in [0.1, 0.15) is 0 Å². The number of rotatable bonds is 7. The zero-order valence-corrected chi connectivity index (χ0v) is 14.5. The second-order valence-electron chi connectivity index (χ2n) is 5.22. The number of nitrogens with one attached hydrogen (secondary N) is 2. The number of benzene rings is 2. The van der Waals surface area contributed by atoms with E-state index in [4.69, 9.17) is 23.2 Å². The number of carbonyl (C=O) groups excluding carboxylic acids is 1. The Bertz CT molecular complexity index is 674. The summed E-state index contributed by atoms with van der Waals surface area (Å²) in [6.45, 7) is 3.01. The van der Waals surface area contributed by atoms with Crippen LogP contribution in [0.3, 0.4) is 0 Å². The van der Waals surface area contributed by atoms with E-state index in [9.17, 15) is 4.79 Å². The van der Waals surface area contributed by atoms with Gasteiger partial charge in [0.25, 0.3) is 0 Å². The lowest BCUT2D eigenvalue weighted by atomic mass is 10.1.